The molecule has 0 bridgehead atoms. The van der Waals surface area contributed by atoms with Gasteiger partial charge in [0.2, 0.25) is 0 Å². The summed E-state index contributed by atoms with van der Waals surface area (Å²) < 4.78 is 2.26. The van der Waals surface area contributed by atoms with E-state index in [1.54, 1.807) is 6.92 Å². The lowest BCUT2D eigenvalue weighted by Gasteiger charge is -2.17. The van der Waals surface area contributed by atoms with Crippen LogP contribution in [0.3, 0.4) is 0 Å². The number of imidazole rings is 1. The van der Waals surface area contributed by atoms with Gasteiger partial charge in [0.05, 0.1) is 17.0 Å². The fraction of sp³-hybridized carbons (Fsp3) is 0.500. The van der Waals surface area contributed by atoms with Crippen molar-refractivity contribution in [2.24, 2.45) is 5.92 Å². The number of carboxylic acid groups (broad SMARTS) is 1. The minimum atomic E-state index is -0.761. The first-order valence-corrected chi connectivity index (χ1v) is 7.20. The molecular formula is C16H20N2O2. The van der Waals surface area contributed by atoms with Crippen molar-refractivity contribution >= 4 is 17.0 Å². The lowest BCUT2D eigenvalue weighted by Crippen LogP contribution is -2.19. The molecule has 1 heterocycles. The zero-order valence-electron chi connectivity index (χ0n) is 12.1. The third-order valence-corrected chi connectivity index (χ3v) is 4.33. The SMILES string of the molecule is Cc1ccc2c(c1)nc(C(C)C(C)C(=O)O)n2C1CC1. The third-order valence-electron chi connectivity index (χ3n) is 4.33. The lowest BCUT2D eigenvalue weighted by atomic mass is 9.95. The molecule has 1 saturated carbocycles. The molecule has 4 nitrogen and oxygen atoms in total. The van der Waals surface area contributed by atoms with Crippen molar-refractivity contribution in [3.05, 3.63) is 29.6 Å². The van der Waals surface area contributed by atoms with Gasteiger partial charge in [0.15, 0.2) is 0 Å². The molecule has 2 atom stereocenters. The highest BCUT2D eigenvalue weighted by Crippen LogP contribution is 2.41. The smallest absolute Gasteiger partial charge is 0.306 e. The van der Waals surface area contributed by atoms with Crippen LogP contribution in [-0.2, 0) is 4.79 Å². The number of fused-ring (bicyclic) bond motifs is 1. The standard InChI is InChI=1S/C16H20N2O2/c1-9-4-7-14-13(8-9)17-15(18(14)12-5-6-12)10(2)11(3)16(19)20/h4,7-8,10-12H,5-6H2,1-3H3,(H,19,20). The average molecular weight is 272 g/mol. The number of aryl methyl sites for hydroxylation is 1. The number of aromatic nitrogens is 2. The van der Waals surface area contributed by atoms with Crippen LogP contribution < -0.4 is 0 Å². The van der Waals surface area contributed by atoms with Crippen molar-refractivity contribution in [3.63, 3.8) is 0 Å². The van der Waals surface area contributed by atoms with E-state index < -0.39 is 11.9 Å². The van der Waals surface area contributed by atoms with Gasteiger partial charge in [-0.2, -0.15) is 0 Å². The molecule has 1 aliphatic carbocycles. The Morgan fingerprint density at radius 1 is 1.40 bits per heavy atom. The van der Waals surface area contributed by atoms with Crippen LogP contribution in [-0.4, -0.2) is 20.6 Å². The van der Waals surface area contributed by atoms with Gasteiger partial charge in [-0.15, -0.1) is 0 Å². The molecule has 106 valence electrons. The summed E-state index contributed by atoms with van der Waals surface area (Å²) in [5.74, 6) is -0.350. The van der Waals surface area contributed by atoms with Gasteiger partial charge in [0.25, 0.3) is 0 Å². The van der Waals surface area contributed by atoms with Crippen LogP contribution in [0.25, 0.3) is 11.0 Å². The monoisotopic (exact) mass is 272 g/mol. The Morgan fingerprint density at radius 2 is 2.10 bits per heavy atom. The van der Waals surface area contributed by atoms with Crippen LogP contribution in [0.5, 0.6) is 0 Å². The number of rotatable bonds is 4. The molecule has 0 spiro atoms. The van der Waals surface area contributed by atoms with Crippen LogP contribution >= 0.6 is 0 Å². The highest BCUT2D eigenvalue weighted by molar-refractivity contribution is 5.78. The molecule has 1 aromatic carbocycles. The Labute approximate surface area is 118 Å². The molecule has 2 aromatic rings. The summed E-state index contributed by atoms with van der Waals surface area (Å²) in [6.07, 6.45) is 2.33. The Bertz CT molecular complexity index is 670. The molecule has 1 aromatic heterocycles. The van der Waals surface area contributed by atoms with Crippen molar-refractivity contribution in [2.45, 2.75) is 45.6 Å². The second kappa shape index (κ2) is 4.62. The minimum Gasteiger partial charge on any atom is -0.481 e. The summed E-state index contributed by atoms with van der Waals surface area (Å²) in [7, 11) is 0. The second-order valence-electron chi connectivity index (χ2n) is 5.98. The van der Waals surface area contributed by atoms with Gasteiger partial charge in [0, 0.05) is 12.0 Å². The van der Waals surface area contributed by atoms with Gasteiger partial charge in [-0.05, 0) is 37.5 Å². The predicted molar refractivity (Wildman–Crippen MR) is 78.0 cm³/mol. The van der Waals surface area contributed by atoms with E-state index in [1.807, 2.05) is 6.92 Å². The zero-order chi connectivity index (χ0) is 14.4. The van der Waals surface area contributed by atoms with E-state index in [0.717, 1.165) is 16.9 Å². The van der Waals surface area contributed by atoms with Crippen molar-refractivity contribution < 1.29 is 9.90 Å². The van der Waals surface area contributed by atoms with E-state index in [-0.39, 0.29) is 5.92 Å². The first-order chi connectivity index (χ1) is 9.49. The van der Waals surface area contributed by atoms with Gasteiger partial charge < -0.3 is 9.67 Å². The molecule has 2 unspecified atom stereocenters. The van der Waals surface area contributed by atoms with E-state index in [9.17, 15) is 9.90 Å². The van der Waals surface area contributed by atoms with E-state index in [0.29, 0.717) is 6.04 Å². The van der Waals surface area contributed by atoms with Crippen LogP contribution in [0.2, 0.25) is 0 Å². The van der Waals surface area contributed by atoms with E-state index in [2.05, 4.69) is 29.7 Å². The van der Waals surface area contributed by atoms with Gasteiger partial charge in [-0.1, -0.05) is 19.9 Å². The van der Waals surface area contributed by atoms with Crippen molar-refractivity contribution in [2.75, 3.05) is 0 Å². The molecule has 1 N–H and O–H groups in total. The molecule has 0 amide bonds. The first-order valence-electron chi connectivity index (χ1n) is 7.20. The summed E-state index contributed by atoms with van der Waals surface area (Å²) in [5.41, 5.74) is 3.30. The van der Waals surface area contributed by atoms with Gasteiger partial charge in [0.1, 0.15) is 5.82 Å². The summed E-state index contributed by atoms with van der Waals surface area (Å²) in [6, 6.07) is 6.78. The molecule has 4 heteroatoms. The fourth-order valence-corrected chi connectivity index (χ4v) is 2.70. The van der Waals surface area contributed by atoms with Gasteiger partial charge in [-0.3, -0.25) is 4.79 Å². The van der Waals surface area contributed by atoms with Gasteiger partial charge >= 0.3 is 5.97 Å². The normalized spacial score (nSPS) is 18.1. The molecule has 1 fully saturated rings. The fourth-order valence-electron chi connectivity index (χ4n) is 2.70. The zero-order valence-corrected chi connectivity index (χ0v) is 12.1. The Hall–Kier alpha value is -1.84. The summed E-state index contributed by atoms with van der Waals surface area (Å²) in [5, 5.41) is 9.24. The highest BCUT2D eigenvalue weighted by atomic mass is 16.4. The largest absolute Gasteiger partial charge is 0.481 e. The lowest BCUT2D eigenvalue weighted by molar-refractivity contribution is -0.141. The van der Waals surface area contributed by atoms with Crippen molar-refractivity contribution in [1.29, 1.82) is 0 Å². The van der Waals surface area contributed by atoms with E-state index >= 15 is 0 Å². The van der Waals surface area contributed by atoms with E-state index in [1.165, 1.54) is 18.4 Å². The van der Waals surface area contributed by atoms with E-state index in [4.69, 9.17) is 4.98 Å². The number of carboxylic acids is 1. The molecule has 0 radical (unpaired) electrons. The third kappa shape index (κ3) is 2.09. The first kappa shape index (κ1) is 13.2. The van der Waals surface area contributed by atoms with Crippen LogP contribution in [0, 0.1) is 12.8 Å². The molecule has 1 aliphatic rings. The Morgan fingerprint density at radius 3 is 2.70 bits per heavy atom. The maximum Gasteiger partial charge on any atom is 0.306 e. The average Bonchev–Trinajstić information content (AvgIpc) is 3.17. The van der Waals surface area contributed by atoms with Crippen molar-refractivity contribution in [3.8, 4) is 0 Å². The maximum atomic E-state index is 11.2. The summed E-state index contributed by atoms with van der Waals surface area (Å²) in [4.78, 5) is 16.0. The quantitative estimate of drug-likeness (QED) is 0.926. The van der Waals surface area contributed by atoms with Crippen LogP contribution in [0.4, 0.5) is 0 Å². The maximum absolute atomic E-state index is 11.2. The number of benzene rings is 1. The topological polar surface area (TPSA) is 55.1 Å². The molecule has 0 aliphatic heterocycles. The summed E-state index contributed by atoms with van der Waals surface area (Å²) in [6.45, 7) is 5.78. The molecular weight excluding hydrogens is 252 g/mol. The van der Waals surface area contributed by atoms with Crippen LogP contribution in [0.1, 0.15) is 50.0 Å². The second-order valence-corrected chi connectivity index (χ2v) is 5.98. The molecule has 0 saturated heterocycles. The number of aliphatic carboxylic acids is 1. The summed E-state index contributed by atoms with van der Waals surface area (Å²) >= 11 is 0. The number of hydrogen-bond acceptors (Lipinski definition) is 2. The Kier molecular flexibility index (Phi) is 3.04. The van der Waals surface area contributed by atoms with Gasteiger partial charge in [-0.25, -0.2) is 4.98 Å². The van der Waals surface area contributed by atoms with Crippen LogP contribution in [0.15, 0.2) is 18.2 Å². The Balaban J connectivity index is 2.14. The molecule has 3 rings (SSSR count). The molecule has 20 heavy (non-hydrogen) atoms. The number of carbonyl (C=O) groups is 1. The number of nitrogens with zero attached hydrogens (tertiary/aromatic N) is 2. The van der Waals surface area contributed by atoms with Crippen molar-refractivity contribution in [1.82, 2.24) is 9.55 Å². The predicted octanol–water partition coefficient (Wildman–Crippen LogP) is 3.50. The minimum absolute atomic E-state index is 0.0826. The highest BCUT2D eigenvalue weighted by Gasteiger charge is 2.32. The number of hydrogen-bond donors (Lipinski definition) is 1.